The van der Waals surface area contributed by atoms with Crippen LogP contribution in [0.2, 0.25) is 0 Å². The van der Waals surface area contributed by atoms with Gasteiger partial charge in [0.2, 0.25) is 0 Å². The van der Waals surface area contributed by atoms with Crippen LogP contribution in [0.25, 0.3) is 0 Å². The van der Waals surface area contributed by atoms with Crippen LogP contribution < -0.4 is 4.74 Å². The van der Waals surface area contributed by atoms with E-state index in [9.17, 15) is 19.2 Å². The Balaban J connectivity index is 1.68. The Bertz CT molecular complexity index is 1110. The van der Waals surface area contributed by atoms with Crippen LogP contribution >= 0.6 is 0 Å². The van der Waals surface area contributed by atoms with E-state index in [0.29, 0.717) is 42.6 Å². The maximum Gasteiger partial charge on any atom is 0.343 e. The first-order valence-electron chi connectivity index (χ1n) is 12.2. The molecule has 8 nitrogen and oxygen atoms in total. The molecule has 0 saturated heterocycles. The maximum atomic E-state index is 12.4. The lowest BCUT2D eigenvalue weighted by Gasteiger charge is -2.08. The van der Waals surface area contributed by atoms with E-state index >= 15 is 0 Å². The molecule has 0 aromatic heterocycles. The van der Waals surface area contributed by atoms with Gasteiger partial charge in [-0.3, -0.25) is 14.4 Å². The van der Waals surface area contributed by atoms with E-state index in [-0.39, 0.29) is 43.9 Å². The molecular weight excluding hydrogens is 476 g/mol. The summed E-state index contributed by atoms with van der Waals surface area (Å²) >= 11 is 0. The van der Waals surface area contributed by atoms with Crippen LogP contribution in [-0.2, 0) is 30.3 Å². The third-order valence-electron chi connectivity index (χ3n) is 5.39. The second-order valence-corrected chi connectivity index (χ2v) is 8.36. The molecule has 0 aliphatic heterocycles. The largest absolute Gasteiger partial charge is 0.481 e. The van der Waals surface area contributed by atoms with E-state index in [1.165, 1.54) is 0 Å². The molecule has 2 aromatic rings. The predicted octanol–water partition coefficient (Wildman–Crippen LogP) is 4.58. The molecule has 0 amide bonds. The minimum absolute atomic E-state index is 0.0398. The zero-order valence-electron chi connectivity index (χ0n) is 21.2. The molecule has 0 radical (unpaired) electrons. The van der Waals surface area contributed by atoms with Crippen LogP contribution in [-0.4, -0.2) is 42.2 Å². The summed E-state index contributed by atoms with van der Waals surface area (Å²) in [5, 5.41) is 8.74. The molecule has 2 rings (SSSR count). The number of aryl methyl sites for hydroxylation is 1. The van der Waals surface area contributed by atoms with Crippen molar-refractivity contribution in [2.45, 2.75) is 52.4 Å². The van der Waals surface area contributed by atoms with Crippen molar-refractivity contribution in [3.8, 4) is 17.6 Å². The van der Waals surface area contributed by atoms with E-state index < -0.39 is 11.9 Å². The molecular formula is C29H32O8. The van der Waals surface area contributed by atoms with Gasteiger partial charge in [-0.05, 0) is 61.2 Å². The van der Waals surface area contributed by atoms with Crippen molar-refractivity contribution in [2.75, 3.05) is 13.2 Å². The highest BCUT2D eigenvalue weighted by Crippen LogP contribution is 2.16. The number of hydrogen-bond acceptors (Lipinski definition) is 7. The van der Waals surface area contributed by atoms with E-state index in [4.69, 9.17) is 19.3 Å². The highest BCUT2D eigenvalue weighted by molar-refractivity contribution is 5.91. The lowest BCUT2D eigenvalue weighted by Crippen LogP contribution is -2.15. The normalized spacial score (nSPS) is 11.0. The van der Waals surface area contributed by atoms with Crippen LogP contribution in [0, 0.1) is 17.8 Å². The number of ether oxygens (including phenoxy) is 3. The third-order valence-corrected chi connectivity index (χ3v) is 5.39. The number of carbonyl (C=O) groups is 4. The summed E-state index contributed by atoms with van der Waals surface area (Å²) in [5.41, 5.74) is 1.91. The van der Waals surface area contributed by atoms with Gasteiger partial charge >= 0.3 is 23.9 Å². The van der Waals surface area contributed by atoms with E-state index in [1.807, 2.05) is 6.92 Å². The summed E-state index contributed by atoms with van der Waals surface area (Å²) in [6, 6.07) is 13.3. The fourth-order valence-corrected chi connectivity index (χ4v) is 2.98. The minimum atomic E-state index is -0.864. The van der Waals surface area contributed by atoms with Gasteiger partial charge in [-0.15, -0.1) is 0 Å². The van der Waals surface area contributed by atoms with Crippen molar-refractivity contribution in [1.82, 2.24) is 0 Å². The van der Waals surface area contributed by atoms with Gasteiger partial charge in [0.1, 0.15) is 12.4 Å². The van der Waals surface area contributed by atoms with Crippen molar-refractivity contribution in [2.24, 2.45) is 5.92 Å². The van der Waals surface area contributed by atoms with Crippen molar-refractivity contribution in [1.29, 1.82) is 0 Å². The molecule has 0 aliphatic carbocycles. The summed E-state index contributed by atoms with van der Waals surface area (Å²) < 4.78 is 15.6. The smallest absolute Gasteiger partial charge is 0.343 e. The number of carbonyl (C=O) groups excluding carboxylic acids is 3. The number of carboxylic acids is 1. The average molecular weight is 509 g/mol. The first-order chi connectivity index (χ1) is 17.8. The number of rotatable bonds is 13. The zero-order valence-corrected chi connectivity index (χ0v) is 21.2. The van der Waals surface area contributed by atoms with Gasteiger partial charge in [-0.1, -0.05) is 37.8 Å². The Kier molecular flexibility index (Phi) is 12.4. The Morgan fingerprint density at radius 1 is 0.919 bits per heavy atom. The molecule has 37 heavy (non-hydrogen) atoms. The van der Waals surface area contributed by atoms with Crippen molar-refractivity contribution in [3.63, 3.8) is 0 Å². The van der Waals surface area contributed by atoms with E-state index in [1.54, 1.807) is 55.5 Å². The maximum absolute atomic E-state index is 12.4. The summed E-state index contributed by atoms with van der Waals surface area (Å²) in [5.74, 6) is 4.10. The van der Waals surface area contributed by atoms with Gasteiger partial charge in [0.15, 0.2) is 0 Å². The lowest BCUT2D eigenvalue weighted by molar-refractivity contribution is -0.150. The summed E-state index contributed by atoms with van der Waals surface area (Å²) in [4.78, 5) is 46.3. The van der Waals surface area contributed by atoms with Crippen LogP contribution in [0.4, 0.5) is 0 Å². The molecule has 0 heterocycles. The average Bonchev–Trinajstić information content (AvgIpc) is 2.90. The summed E-state index contributed by atoms with van der Waals surface area (Å²) in [6.45, 7) is 4.08. The number of esters is 3. The van der Waals surface area contributed by atoms with Crippen molar-refractivity contribution in [3.05, 3.63) is 65.2 Å². The topological polar surface area (TPSA) is 116 Å². The minimum Gasteiger partial charge on any atom is -0.481 e. The van der Waals surface area contributed by atoms with Crippen LogP contribution in [0.5, 0.6) is 5.75 Å². The van der Waals surface area contributed by atoms with Gasteiger partial charge in [0.05, 0.1) is 18.1 Å². The second kappa shape index (κ2) is 15.8. The first-order valence-corrected chi connectivity index (χ1v) is 12.2. The van der Waals surface area contributed by atoms with Crippen molar-refractivity contribution >= 4 is 23.9 Å². The molecule has 8 heteroatoms. The molecule has 0 saturated carbocycles. The van der Waals surface area contributed by atoms with Gasteiger partial charge in [0, 0.05) is 24.8 Å². The number of hydrogen-bond donors (Lipinski definition) is 1. The van der Waals surface area contributed by atoms with E-state index in [0.717, 1.165) is 5.56 Å². The Morgan fingerprint density at radius 3 is 2.27 bits per heavy atom. The second-order valence-electron chi connectivity index (χ2n) is 8.36. The molecule has 2 aromatic carbocycles. The van der Waals surface area contributed by atoms with Gasteiger partial charge in [0.25, 0.3) is 0 Å². The van der Waals surface area contributed by atoms with Crippen LogP contribution in [0.1, 0.15) is 67.4 Å². The Labute approximate surface area is 216 Å². The highest BCUT2D eigenvalue weighted by Gasteiger charge is 2.12. The molecule has 1 unspecified atom stereocenters. The number of aliphatic carboxylic acids is 1. The summed E-state index contributed by atoms with van der Waals surface area (Å²) in [6.07, 6.45) is 2.12. The molecule has 0 spiro atoms. The third kappa shape index (κ3) is 11.4. The molecule has 1 atom stereocenters. The standard InChI is InChI=1S/C29H32O8/c1-3-21(2)28(33)36-20-6-8-27(32)35-19-5-4-7-22-9-14-24(15-10-22)29(34)37-25-16-11-23(12-17-25)13-18-26(30)31/h9-12,14-17,21H,3,5-6,8,13,18-20H2,1-2H3,(H,30,31). The summed E-state index contributed by atoms with van der Waals surface area (Å²) in [7, 11) is 0. The first kappa shape index (κ1) is 29.1. The fraction of sp³-hybridized carbons (Fsp3) is 0.379. The SMILES string of the molecule is CCC(C)C(=O)OCCCC(=O)OCCC#Cc1ccc(C(=O)Oc2ccc(CCC(=O)O)cc2)cc1. The van der Waals surface area contributed by atoms with Gasteiger partial charge in [-0.2, -0.15) is 0 Å². The molecule has 0 fully saturated rings. The van der Waals surface area contributed by atoms with Crippen LogP contribution in [0.15, 0.2) is 48.5 Å². The monoisotopic (exact) mass is 508 g/mol. The van der Waals surface area contributed by atoms with Gasteiger partial charge in [-0.25, -0.2) is 4.79 Å². The van der Waals surface area contributed by atoms with Crippen LogP contribution in [0.3, 0.4) is 0 Å². The molecule has 0 bridgehead atoms. The van der Waals surface area contributed by atoms with Gasteiger partial charge < -0.3 is 19.3 Å². The molecule has 1 N–H and O–H groups in total. The zero-order chi connectivity index (χ0) is 27.0. The van der Waals surface area contributed by atoms with Crippen molar-refractivity contribution < 1.29 is 38.5 Å². The number of carboxylic acid groups (broad SMARTS) is 1. The Morgan fingerprint density at radius 2 is 1.62 bits per heavy atom. The Hall–Kier alpha value is -4.12. The lowest BCUT2D eigenvalue weighted by atomic mass is 10.1. The molecule has 196 valence electrons. The number of benzene rings is 2. The fourth-order valence-electron chi connectivity index (χ4n) is 2.98. The quantitative estimate of drug-likeness (QED) is 0.181. The van der Waals surface area contributed by atoms with E-state index in [2.05, 4.69) is 11.8 Å². The molecule has 0 aliphatic rings. The highest BCUT2D eigenvalue weighted by atomic mass is 16.5. The predicted molar refractivity (Wildman–Crippen MR) is 136 cm³/mol.